The third kappa shape index (κ3) is 3.13. The minimum absolute atomic E-state index is 0.0178. The van der Waals surface area contributed by atoms with Gasteiger partial charge in [0.15, 0.2) is 0 Å². The highest BCUT2D eigenvalue weighted by atomic mass is 32.1. The average molecular weight is 374 g/mol. The number of carbonyl (C=O) groups excluding carboxylic acids is 2. The molecule has 2 saturated heterocycles. The number of hydrogen-bond donors (Lipinski definition) is 0. The van der Waals surface area contributed by atoms with Gasteiger partial charge in [0.1, 0.15) is 6.04 Å². The SMILES string of the molecule is CC(=O)N1CCC(C(=O)N2CC[C@@H]2c2nc(-c3ccc(C)s3)no2)CC1. The number of aromatic nitrogens is 2. The minimum Gasteiger partial charge on any atom is -0.343 e. The number of amides is 2. The van der Waals surface area contributed by atoms with Crippen molar-refractivity contribution in [3.8, 4) is 10.7 Å². The lowest BCUT2D eigenvalue weighted by Crippen LogP contribution is -2.50. The molecule has 1 atom stereocenters. The second-order valence-electron chi connectivity index (χ2n) is 6.98. The molecule has 8 heteroatoms. The van der Waals surface area contributed by atoms with Gasteiger partial charge in [0.2, 0.25) is 23.5 Å². The van der Waals surface area contributed by atoms with Crippen LogP contribution in [0.15, 0.2) is 16.7 Å². The van der Waals surface area contributed by atoms with E-state index in [2.05, 4.69) is 10.1 Å². The fourth-order valence-electron chi connectivity index (χ4n) is 3.61. The van der Waals surface area contributed by atoms with Crippen molar-refractivity contribution in [1.82, 2.24) is 19.9 Å². The van der Waals surface area contributed by atoms with Crippen LogP contribution in [-0.2, 0) is 9.59 Å². The summed E-state index contributed by atoms with van der Waals surface area (Å²) in [6, 6.07) is 3.90. The summed E-state index contributed by atoms with van der Waals surface area (Å²) in [6.07, 6.45) is 2.31. The Morgan fingerprint density at radius 1 is 1.19 bits per heavy atom. The van der Waals surface area contributed by atoms with Crippen molar-refractivity contribution in [3.05, 3.63) is 22.9 Å². The zero-order valence-electron chi connectivity index (χ0n) is 15.0. The van der Waals surface area contributed by atoms with E-state index in [1.807, 2.05) is 28.9 Å². The quantitative estimate of drug-likeness (QED) is 0.825. The lowest BCUT2D eigenvalue weighted by atomic mass is 9.91. The molecule has 2 fully saturated rings. The van der Waals surface area contributed by atoms with Gasteiger partial charge in [-0.05, 0) is 38.3 Å². The fraction of sp³-hybridized carbons (Fsp3) is 0.556. The second kappa shape index (κ2) is 6.83. The van der Waals surface area contributed by atoms with Crippen molar-refractivity contribution < 1.29 is 14.1 Å². The van der Waals surface area contributed by atoms with Crippen LogP contribution in [0.1, 0.15) is 43.0 Å². The predicted octanol–water partition coefficient (Wildman–Crippen LogP) is 2.64. The second-order valence-corrected chi connectivity index (χ2v) is 8.27. The Kier molecular flexibility index (Phi) is 4.52. The zero-order valence-corrected chi connectivity index (χ0v) is 15.8. The van der Waals surface area contributed by atoms with Gasteiger partial charge in [-0.25, -0.2) is 0 Å². The summed E-state index contributed by atoms with van der Waals surface area (Å²) in [7, 11) is 0. The molecule has 138 valence electrons. The molecule has 0 spiro atoms. The van der Waals surface area contributed by atoms with Gasteiger partial charge < -0.3 is 14.3 Å². The normalized spacial score (nSPS) is 20.9. The number of hydrogen-bond acceptors (Lipinski definition) is 6. The highest BCUT2D eigenvalue weighted by Gasteiger charge is 2.41. The molecule has 4 rings (SSSR count). The number of piperidine rings is 1. The molecule has 26 heavy (non-hydrogen) atoms. The van der Waals surface area contributed by atoms with Crippen molar-refractivity contribution in [2.24, 2.45) is 5.92 Å². The molecule has 0 aromatic carbocycles. The molecule has 2 aromatic rings. The Morgan fingerprint density at radius 2 is 1.96 bits per heavy atom. The molecular weight excluding hydrogens is 352 g/mol. The Balaban J connectivity index is 1.41. The molecule has 0 bridgehead atoms. The van der Waals surface area contributed by atoms with Crippen LogP contribution in [0, 0.1) is 12.8 Å². The average Bonchev–Trinajstić information content (AvgIpc) is 3.23. The highest BCUT2D eigenvalue weighted by molar-refractivity contribution is 7.15. The first-order valence-electron chi connectivity index (χ1n) is 8.99. The number of rotatable bonds is 3. The van der Waals surface area contributed by atoms with E-state index in [1.165, 1.54) is 4.88 Å². The van der Waals surface area contributed by atoms with E-state index in [9.17, 15) is 9.59 Å². The Hall–Kier alpha value is -2.22. The fourth-order valence-corrected chi connectivity index (χ4v) is 4.40. The molecule has 0 N–H and O–H groups in total. The lowest BCUT2D eigenvalue weighted by molar-refractivity contribution is -0.148. The van der Waals surface area contributed by atoms with Crippen LogP contribution >= 0.6 is 11.3 Å². The Labute approximate surface area is 156 Å². The van der Waals surface area contributed by atoms with Crippen LogP contribution < -0.4 is 0 Å². The molecule has 0 radical (unpaired) electrons. The number of likely N-dealkylation sites (tertiary alicyclic amines) is 2. The first-order valence-corrected chi connectivity index (χ1v) is 9.81. The summed E-state index contributed by atoms with van der Waals surface area (Å²) < 4.78 is 5.45. The van der Waals surface area contributed by atoms with E-state index in [0.29, 0.717) is 24.8 Å². The van der Waals surface area contributed by atoms with Gasteiger partial charge in [-0.2, -0.15) is 4.98 Å². The van der Waals surface area contributed by atoms with Crippen LogP contribution in [0.4, 0.5) is 0 Å². The number of nitrogens with zero attached hydrogens (tertiary/aromatic N) is 4. The first-order chi connectivity index (χ1) is 12.5. The number of aryl methyl sites for hydroxylation is 1. The van der Waals surface area contributed by atoms with Crippen molar-refractivity contribution >= 4 is 23.2 Å². The zero-order chi connectivity index (χ0) is 18.3. The van der Waals surface area contributed by atoms with Crippen LogP contribution in [0.3, 0.4) is 0 Å². The van der Waals surface area contributed by atoms with Gasteiger partial charge in [0.25, 0.3) is 0 Å². The molecule has 2 amide bonds. The van der Waals surface area contributed by atoms with E-state index in [0.717, 1.165) is 30.7 Å². The molecule has 0 saturated carbocycles. The van der Waals surface area contributed by atoms with Crippen LogP contribution in [0.25, 0.3) is 10.7 Å². The first kappa shape index (κ1) is 17.2. The van der Waals surface area contributed by atoms with E-state index in [4.69, 9.17) is 4.52 Å². The van der Waals surface area contributed by atoms with Gasteiger partial charge in [-0.3, -0.25) is 9.59 Å². The van der Waals surface area contributed by atoms with Gasteiger partial charge in [-0.1, -0.05) is 5.16 Å². The topological polar surface area (TPSA) is 79.5 Å². The Bertz CT molecular complexity index is 822. The Morgan fingerprint density at radius 3 is 2.54 bits per heavy atom. The van der Waals surface area contributed by atoms with Crippen molar-refractivity contribution in [2.75, 3.05) is 19.6 Å². The van der Waals surface area contributed by atoms with E-state index >= 15 is 0 Å². The maximum absolute atomic E-state index is 12.9. The van der Waals surface area contributed by atoms with Gasteiger partial charge in [-0.15, -0.1) is 11.3 Å². The maximum atomic E-state index is 12.9. The van der Waals surface area contributed by atoms with E-state index in [1.54, 1.807) is 18.3 Å². The lowest BCUT2D eigenvalue weighted by Gasteiger charge is -2.42. The third-order valence-corrected chi connectivity index (χ3v) is 6.28. The molecular formula is C18H22N4O3S. The largest absolute Gasteiger partial charge is 0.343 e. The summed E-state index contributed by atoms with van der Waals surface area (Å²) in [5, 5.41) is 4.08. The predicted molar refractivity (Wildman–Crippen MR) is 96.4 cm³/mol. The number of thiophene rings is 1. The third-order valence-electron chi connectivity index (χ3n) is 5.28. The molecule has 0 aliphatic carbocycles. The van der Waals surface area contributed by atoms with E-state index in [-0.39, 0.29) is 23.8 Å². The van der Waals surface area contributed by atoms with Crippen LogP contribution in [0.5, 0.6) is 0 Å². The maximum Gasteiger partial charge on any atom is 0.249 e. The van der Waals surface area contributed by atoms with E-state index < -0.39 is 0 Å². The summed E-state index contributed by atoms with van der Waals surface area (Å²) >= 11 is 1.63. The monoisotopic (exact) mass is 374 g/mol. The molecule has 2 aliphatic heterocycles. The van der Waals surface area contributed by atoms with Crippen molar-refractivity contribution in [2.45, 2.75) is 39.2 Å². The highest BCUT2D eigenvalue weighted by Crippen LogP contribution is 2.36. The van der Waals surface area contributed by atoms with Gasteiger partial charge >= 0.3 is 0 Å². The number of carbonyl (C=O) groups is 2. The summed E-state index contributed by atoms with van der Waals surface area (Å²) in [5.41, 5.74) is 0. The van der Waals surface area contributed by atoms with Gasteiger partial charge in [0, 0.05) is 37.4 Å². The molecule has 2 aromatic heterocycles. The minimum atomic E-state index is -0.115. The van der Waals surface area contributed by atoms with Crippen LogP contribution in [-0.4, -0.2) is 51.4 Å². The molecule has 0 unspecified atom stereocenters. The summed E-state index contributed by atoms with van der Waals surface area (Å²) in [5.74, 6) is 1.32. The van der Waals surface area contributed by atoms with Gasteiger partial charge in [0.05, 0.1) is 4.88 Å². The van der Waals surface area contributed by atoms with Crippen molar-refractivity contribution in [3.63, 3.8) is 0 Å². The standard InChI is InChI=1S/C18H22N4O3S/c1-11-3-4-15(26-11)16-19-17(25-20-16)14-7-10-22(14)18(24)13-5-8-21(9-6-13)12(2)23/h3-4,13-14H,5-10H2,1-2H3/t14-/m1/s1. The summed E-state index contributed by atoms with van der Waals surface area (Å²) in [6.45, 7) is 5.67. The summed E-state index contributed by atoms with van der Waals surface area (Å²) in [4.78, 5) is 34.6. The molecule has 2 aliphatic rings. The van der Waals surface area contributed by atoms with Crippen LogP contribution in [0.2, 0.25) is 0 Å². The molecule has 4 heterocycles. The van der Waals surface area contributed by atoms with Crippen molar-refractivity contribution in [1.29, 1.82) is 0 Å². The molecule has 7 nitrogen and oxygen atoms in total. The smallest absolute Gasteiger partial charge is 0.249 e.